The third kappa shape index (κ3) is 2.13. The van der Waals surface area contributed by atoms with Gasteiger partial charge in [-0.1, -0.05) is 6.07 Å². The van der Waals surface area contributed by atoms with Crippen molar-refractivity contribution in [3.63, 3.8) is 0 Å². The zero-order valence-corrected chi connectivity index (χ0v) is 11.3. The smallest absolute Gasteiger partial charge is 0.338 e. The van der Waals surface area contributed by atoms with Gasteiger partial charge in [-0.3, -0.25) is 0 Å². The van der Waals surface area contributed by atoms with Crippen LogP contribution in [0.15, 0.2) is 18.2 Å². The van der Waals surface area contributed by atoms with Gasteiger partial charge in [0.15, 0.2) is 0 Å². The second kappa shape index (κ2) is 4.90. The Balaban J connectivity index is 0.00000120. The molecule has 1 aliphatic carbocycles. The summed E-state index contributed by atoms with van der Waals surface area (Å²) < 4.78 is 5.03. The van der Waals surface area contributed by atoms with Crippen LogP contribution < -0.4 is 5.32 Å². The summed E-state index contributed by atoms with van der Waals surface area (Å²) in [5.74, 6) is -0.217. The van der Waals surface area contributed by atoms with Gasteiger partial charge in [0.1, 0.15) is 0 Å². The van der Waals surface area contributed by atoms with E-state index >= 15 is 0 Å². The minimum absolute atomic E-state index is 0. The van der Waals surface area contributed by atoms with Crippen LogP contribution in [0.2, 0.25) is 0 Å². The summed E-state index contributed by atoms with van der Waals surface area (Å²) in [5.41, 5.74) is 3.74. The Hall–Kier alpha value is -1.06. The first-order valence-corrected chi connectivity index (χ1v) is 6.26. The van der Waals surface area contributed by atoms with Gasteiger partial charge in [-0.2, -0.15) is 0 Å². The number of hydrogen-bond donors (Lipinski definition) is 1. The van der Waals surface area contributed by atoms with Crippen LogP contribution in [-0.4, -0.2) is 19.1 Å². The first kappa shape index (κ1) is 13.4. The summed E-state index contributed by atoms with van der Waals surface area (Å²) >= 11 is 0. The molecular weight excluding hydrogens is 250 g/mol. The SMILES string of the molecule is CCOC(=O)c1ccc2c(c1)CNCC21CC1.Cl. The van der Waals surface area contributed by atoms with Crippen molar-refractivity contribution in [1.29, 1.82) is 0 Å². The summed E-state index contributed by atoms with van der Waals surface area (Å²) in [6.45, 7) is 4.21. The summed E-state index contributed by atoms with van der Waals surface area (Å²) in [6.07, 6.45) is 2.54. The second-order valence-electron chi connectivity index (χ2n) is 4.98. The van der Waals surface area contributed by atoms with Crippen molar-refractivity contribution in [1.82, 2.24) is 5.32 Å². The number of nitrogens with one attached hydrogen (secondary N) is 1. The highest BCUT2D eigenvalue weighted by atomic mass is 35.5. The molecule has 0 saturated heterocycles. The molecule has 1 saturated carbocycles. The number of hydrogen-bond acceptors (Lipinski definition) is 3. The quantitative estimate of drug-likeness (QED) is 0.837. The lowest BCUT2D eigenvalue weighted by Gasteiger charge is -2.26. The molecule has 1 heterocycles. The van der Waals surface area contributed by atoms with Crippen molar-refractivity contribution < 1.29 is 9.53 Å². The van der Waals surface area contributed by atoms with Gasteiger partial charge < -0.3 is 10.1 Å². The van der Waals surface area contributed by atoms with Crippen molar-refractivity contribution in [2.45, 2.75) is 31.7 Å². The van der Waals surface area contributed by atoms with Gasteiger partial charge in [-0.25, -0.2) is 4.79 Å². The molecule has 1 aliphatic heterocycles. The third-order valence-corrected chi connectivity index (χ3v) is 3.82. The zero-order chi connectivity index (χ0) is 11.9. The van der Waals surface area contributed by atoms with E-state index in [0.717, 1.165) is 13.1 Å². The molecule has 1 aromatic carbocycles. The molecule has 3 rings (SSSR count). The molecule has 1 aromatic rings. The molecule has 98 valence electrons. The molecule has 18 heavy (non-hydrogen) atoms. The van der Waals surface area contributed by atoms with Gasteiger partial charge in [-0.05, 0) is 43.0 Å². The van der Waals surface area contributed by atoms with Crippen LogP contribution in [0.5, 0.6) is 0 Å². The highest BCUT2D eigenvalue weighted by Gasteiger charge is 2.46. The Labute approximate surface area is 113 Å². The first-order valence-electron chi connectivity index (χ1n) is 6.26. The topological polar surface area (TPSA) is 38.3 Å². The van der Waals surface area contributed by atoms with Gasteiger partial charge in [0, 0.05) is 18.5 Å². The van der Waals surface area contributed by atoms with E-state index in [-0.39, 0.29) is 18.4 Å². The number of rotatable bonds is 2. The number of fused-ring (bicyclic) bond motifs is 2. The predicted molar refractivity (Wildman–Crippen MR) is 72.3 cm³/mol. The maximum Gasteiger partial charge on any atom is 0.338 e. The van der Waals surface area contributed by atoms with E-state index < -0.39 is 0 Å². The average molecular weight is 268 g/mol. The first-order chi connectivity index (χ1) is 8.25. The largest absolute Gasteiger partial charge is 0.462 e. The molecule has 3 nitrogen and oxygen atoms in total. The molecule has 0 atom stereocenters. The second-order valence-corrected chi connectivity index (χ2v) is 4.98. The van der Waals surface area contributed by atoms with Crippen LogP contribution in [0.4, 0.5) is 0 Å². The van der Waals surface area contributed by atoms with Crippen molar-refractivity contribution in [3.8, 4) is 0 Å². The van der Waals surface area contributed by atoms with Crippen LogP contribution >= 0.6 is 12.4 Å². The molecule has 0 amide bonds. The van der Waals surface area contributed by atoms with E-state index in [1.165, 1.54) is 24.0 Å². The van der Waals surface area contributed by atoms with Crippen molar-refractivity contribution >= 4 is 18.4 Å². The Kier molecular flexibility index (Phi) is 3.64. The van der Waals surface area contributed by atoms with Gasteiger partial charge in [0.25, 0.3) is 0 Å². The molecule has 0 bridgehead atoms. The van der Waals surface area contributed by atoms with Crippen LogP contribution in [0.25, 0.3) is 0 Å². The molecule has 2 aliphatic rings. The zero-order valence-electron chi connectivity index (χ0n) is 10.5. The molecule has 1 fully saturated rings. The van der Waals surface area contributed by atoms with E-state index in [0.29, 0.717) is 17.6 Å². The standard InChI is InChI=1S/C14H17NO2.ClH/c1-2-17-13(16)10-3-4-12-11(7-10)8-15-9-14(12)5-6-14;/h3-4,7,15H,2,5-6,8-9H2,1H3;1H. The Bertz CT molecular complexity index is 469. The minimum Gasteiger partial charge on any atom is -0.462 e. The summed E-state index contributed by atoms with van der Waals surface area (Å²) in [5, 5.41) is 3.44. The lowest BCUT2D eigenvalue weighted by atomic mass is 9.87. The molecule has 1 spiro atoms. The van der Waals surface area contributed by atoms with E-state index in [4.69, 9.17) is 4.74 Å². The summed E-state index contributed by atoms with van der Waals surface area (Å²) in [7, 11) is 0. The third-order valence-electron chi connectivity index (χ3n) is 3.82. The number of halogens is 1. The molecule has 1 N–H and O–H groups in total. The molecule has 0 aromatic heterocycles. The monoisotopic (exact) mass is 267 g/mol. The fourth-order valence-corrected chi connectivity index (χ4v) is 2.73. The van der Waals surface area contributed by atoms with Crippen LogP contribution in [0.3, 0.4) is 0 Å². The van der Waals surface area contributed by atoms with Crippen LogP contribution in [-0.2, 0) is 16.7 Å². The van der Waals surface area contributed by atoms with Crippen molar-refractivity contribution in [2.75, 3.05) is 13.2 Å². The molecule has 0 radical (unpaired) electrons. The average Bonchev–Trinajstić information content (AvgIpc) is 3.10. The lowest BCUT2D eigenvalue weighted by Crippen LogP contribution is -2.33. The van der Waals surface area contributed by atoms with E-state index in [1.54, 1.807) is 0 Å². The highest BCUT2D eigenvalue weighted by molar-refractivity contribution is 5.89. The Morgan fingerprint density at radius 3 is 2.89 bits per heavy atom. The Morgan fingerprint density at radius 1 is 1.44 bits per heavy atom. The normalized spacial score (nSPS) is 18.7. The number of esters is 1. The van der Waals surface area contributed by atoms with Crippen molar-refractivity contribution in [3.05, 3.63) is 34.9 Å². The maximum atomic E-state index is 11.7. The Morgan fingerprint density at radius 2 is 2.22 bits per heavy atom. The van der Waals surface area contributed by atoms with Gasteiger partial charge >= 0.3 is 5.97 Å². The summed E-state index contributed by atoms with van der Waals surface area (Å²) in [4.78, 5) is 11.7. The molecule has 0 unspecified atom stereocenters. The lowest BCUT2D eigenvalue weighted by molar-refractivity contribution is 0.0526. The van der Waals surface area contributed by atoms with E-state index in [1.807, 2.05) is 19.1 Å². The van der Waals surface area contributed by atoms with Crippen LogP contribution in [0.1, 0.15) is 41.3 Å². The molecule has 4 heteroatoms. The maximum absolute atomic E-state index is 11.7. The summed E-state index contributed by atoms with van der Waals surface area (Å²) in [6, 6.07) is 6.01. The fraction of sp³-hybridized carbons (Fsp3) is 0.500. The number of carbonyl (C=O) groups is 1. The van der Waals surface area contributed by atoms with Crippen LogP contribution in [0, 0.1) is 0 Å². The van der Waals surface area contributed by atoms with E-state index in [9.17, 15) is 4.79 Å². The fourth-order valence-electron chi connectivity index (χ4n) is 2.73. The van der Waals surface area contributed by atoms with E-state index in [2.05, 4.69) is 11.4 Å². The van der Waals surface area contributed by atoms with Gasteiger partial charge in [0.2, 0.25) is 0 Å². The number of benzene rings is 1. The van der Waals surface area contributed by atoms with Crippen molar-refractivity contribution in [2.24, 2.45) is 0 Å². The predicted octanol–water partition coefficient (Wildman–Crippen LogP) is 2.42. The highest BCUT2D eigenvalue weighted by Crippen LogP contribution is 2.50. The number of ether oxygens (including phenoxy) is 1. The number of carbonyl (C=O) groups excluding carboxylic acids is 1. The molecular formula is C14H18ClNO2. The van der Waals surface area contributed by atoms with Gasteiger partial charge in [-0.15, -0.1) is 12.4 Å². The minimum atomic E-state index is -0.217. The van der Waals surface area contributed by atoms with Gasteiger partial charge in [0.05, 0.1) is 12.2 Å².